The standard InChI is InChI=1S/C11H7F3N2O/c12-11(13,14)10-8(3-4-9(17)16-10)7-2-1-5-15-6-7/h1-6H,(H,16,17). The van der Waals surface area contributed by atoms with Crippen LogP contribution in [0.2, 0.25) is 0 Å². The highest BCUT2D eigenvalue weighted by Gasteiger charge is 2.36. The molecule has 0 fully saturated rings. The smallest absolute Gasteiger partial charge is 0.434 e. The third-order valence-electron chi connectivity index (χ3n) is 2.12. The first-order valence-corrected chi connectivity index (χ1v) is 4.66. The molecule has 0 aromatic carbocycles. The van der Waals surface area contributed by atoms with Crippen LogP contribution in [-0.4, -0.2) is 15.1 Å². The van der Waals surface area contributed by atoms with Crippen LogP contribution in [0.3, 0.4) is 0 Å². The van der Waals surface area contributed by atoms with Crippen LogP contribution in [-0.2, 0) is 6.18 Å². The average molecular weight is 240 g/mol. The normalized spacial score (nSPS) is 11.5. The molecule has 0 saturated heterocycles. The Morgan fingerprint density at radius 3 is 2.47 bits per heavy atom. The largest absolute Gasteiger partial charge is 0.493 e. The molecule has 0 unspecified atom stereocenters. The Morgan fingerprint density at radius 1 is 1.12 bits per heavy atom. The van der Waals surface area contributed by atoms with Crippen molar-refractivity contribution in [1.82, 2.24) is 9.97 Å². The molecule has 2 rings (SSSR count). The van der Waals surface area contributed by atoms with Gasteiger partial charge < -0.3 is 5.11 Å². The van der Waals surface area contributed by atoms with Gasteiger partial charge in [0.15, 0.2) is 5.69 Å². The number of rotatable bonds is 1. The van der Waals surface area contributed by atoms with Crippen LogP contribution in [0.1, 0.15) is 5.69 Å². The maximum Gasteiger partial charge on any atom is 0.434 e. The van der Waals surface area contributed by atoms with E-state index in [9.17, 15) is 13.2 Å². The van der Waals surface area contributed by atoms with Crippen molar-refractivity contribution in [3.63, 3.8) is 0 Å². The Bertz CT molecular complexity index is 526. The van der Waals surface area contributed by atoms with Crippen molar-refractivity contribution >= 4 is 0 Å². The minimum atomic E-state index is -4.62. The first-order chi connectivity index (χ1) is 7.98. The van der Waals surface area contributed by atoms with Crippen LogP contribution in [0.15, 0.2) is 36.7 Å². The summed E-state index contributed by atoms with van der Waals surface area (Å²) in [5, 5.41) is 9.02. The van der Waals surface area contributed by atoms with Crippen LogP contribution >= 0.6 is 0 Å². The first kappa shape index (κ1) is 11.4. The highest BCUT2D eigenvalue weighted by molar-refractivity contribution is 5.65. The van der Waals surface area contributed by atoms with Crippen molar-refractivity contribution in [2.45, 2.75) is 6.18 Å². The highest BCUT2D eigenvalue weighted by atomic mass is 19.4. The zero-order valence-electron chi connectivity index (χ0n) is 8.44. The fourth-order valence-corrected chi connectivity index (χ4v) is 1.42. The zero-order valence-corrected chi connectivity index (χ0v) is 8.44. The molecule has 3 nitrogen and oxygen atoms in total. The van der Waals surface area contributed by atoms with E-state index >= 15 is 0 Å². The van der Waals surface area contributed by atoms with Crippen molar-refractivity contribution in [2.75, 3.05) is 0 Å². The van der Waals surface area contributed by atoms with Gasteiger partial charge in [0.05, 0.1) is 0 Å². The van der Waals surface area contributed by atoms with E-state index in [0.717, 1.165) is 6.07 Å². The molecule has 0 saturated carbocycles. The molecule has 0 amide bonds. The van der Waals surface area contributed by atoms with Gasteiger partial charge in [0.25, 0.3) is 0 Å². The molecule has 0 aliphatic rings. The Hall–Kier alpha value is -2.11. The summed E-state index contributed by atoms with van der Waals surface area (Å²) in [6.07, 6.45) is -1.85. The van der Waals surface area contributed by atoms with Gasteiger partial charge in [0.1, 0.15) is 0 Å². The van der Waals surface area contributed by atoms with E-state index in [1.807, 2.05) is 0 Å². The maximum absolute atomic E-state index is 12.7. The molecule has 0 aliphatic carbocycles. The summed E-state index contributed by atoms with van der Waals surface area (Å²) in [4.78, 5) is 6.87. The molecule has 2 aromatic rings. The van der Waals surface area contributed by atoms with E-state index in [0.29, 0.717) is 5.56 Å². The summed E-state index contributed by atoms with van der Waals surface area (Å²) in [5.74, 6) is -0.662. The Balaban J connectivity index is 2.63. The van der Waals surface area contributed by atoms with Gasteiger partial charge in [-0.05, 0) is 12.1 Å². The molecule has 0 radical (unpaired) electrons. The molecule has 6 heteroatoms. The van der Waals surface area contributed by atoms with Crippen molar-refractivity contribution < 1.29 is 18.3 Å². The van der Waals surface area contributed by atoms with Crippen molar-refractivity contribution in [1.29, 1.82) is 0 Å². The SMILES string of the molecule is Oc1ccc(-c2cccnc2)c(C(F)(F)F)n1. The van der Waals surface area contributed by atoms with Crippen LogP contribution in [0, 0.1) is 0 Å². The maximum atomic E-state index is 12.7. The lowest BCUT2D eigenvalue weighted by atomic mass is 10.1. The predicted molar refractivity (Wildman–Crippen MR) is 54.1 cm³/mol. The number of hydrogen-bond acceptors (Lipinski definition) is 3. The van der Waals surface area contributed by atoms with E-state index in [1.54, 1.807) is 0 Å². The lowest BCUT2D eigenvalue weighted by Gasteiger charge is -2.11. The Labute approximate surface area is 94.6 Å². The van der Waals surface area contributed by atoms with Gasteiger partial charge >= 0.3 is 6.18 Å². The lowest BCUT2D eigenvalue weighted by molar-refractivity contribution is -0.140. The number of pyridine rings is 2. The van der Waals surface area contributed by atoms with E-state index < -0.39 is 17.8 Å². The Kier molecular flexibility index (Phi) is 2.71. The van der Waals surface area contributed by atoms with Gasteiger partial charge in [-0.2, -0.15) is 13.2 Å². The summed E-state index contributed by atoms with van der Waals surface area (Å²) in [6, 6.07) is 5.30. The molecule has 0 aliphatic heterocycles. The fraction of sp³-hybridized carbons (Fsp3) is 0.0909. The topological polar surface area (TPSA) is 46.0 Å². The third kappa shape index (κ3) is 2.35. The van der Waals surface area contributed by atoms with Crippen LogP contribution in [0.4, 0.5) is 13.2 Å². The fourth-order valence-electron chi connectivity index (χ4n) is 1.42. The minimum absolute atomic E-state index is 0.108. The minimum Gasteiger partial charge on any atom is -0.493 e. The number of hydrogen-bond donors (Lipinski definition) is 1. The Morgan fingerprint density at radius 2 is 1.88 bits per heavy atom. The van der Waals surface area contributed by atoms with Crippen LogP contribution in [0.25, 0.3) is 11.1 Å². The second kappa shape index (κ2) is 4.04. The van der Waals surface area contributed by atoms with Gasteiger partial charge in [-0.25, -0.2) is 4.98 Å². The van der Waals surface area contributed by atoms with Gasteiger partial charge in [0, 0.05) is 29.6 Å². The van der Waals surface area contributed by atoms with E-state index in [4.69, 9.17) is 5.11 Å². The zero-order chi connectivity index (χ0) is 12.5. The molecule has 2 aromatic heterocycles. The van der Waals surface area contributed by atoms with E-state index in [2.05, 4.69) is 9.97 Å². The molecule has 17 heavy (non-hydrogen) atoms. The van der Waals surface area contributed by atoms with Crippen LogP contribution in [0.5, 0.6) is 5.88 Å². The first-order valence-electron chi connectivity index (χ1n) is 4.66. The second-order valence-electron chi connectivity index (χ2n) is 3.31. The molecule has 88 valence electrons. The molecule has 0 spiro atoms. The monoisotopic (exact) mass is 240 g/mol. The molecular formula is C11H7F3N2O. The van der Waals surface area contributed by atoms with Crippen molar-refractivity contribution in [3.05, 3.63) is 42.4 Å². The molecule has 0 atom stereocenters. The van der Waals surface area contributed by atoms with Gasteiger partial charge in [0.2, 0.25) is 5.88 Å². The molecule has 0 bridgehead atoms. The average Bonchev–Trinajstić information content (AvgIpc) is 2.29. The highest BCUT2D eigenvalue weighted by Crippen LogP contribution is 2.36. The van der Waals surface area contributed by atoms with Gasteiger partial charge in [-0.3, -0.25) is 4.98 Å². The quantitative estimate of drug-likeness (QED) is 0.833. The molecule has 1 N–H and O–H groups in total. The molecular weight excluding hydrogens is 233 g/mol. The summed E-state index contributed by atoms with van der Waals surface area (Å²) in [5.41, 5.74) is -0.929. The number of alkyl halides is 3. The number of nitrogens with zero attached hydrogens (tertiary/aromatic N) is 2. The summed E-state index contributed by atoms with van der Waals surface area (Å²) < 4.78 is 38.2. The summed E-state index contributed by atoms with van der Waals surface area (Å²) in [7, 11) is 0. The van der Waals surface area contributed by atoms with E-state index in [-0.39, 0.29) is 5.56 Å². The summed E-state index contributed by atoms with van der Waals surface area (Å²) >= 11 is 0. The molecule has 2 heterocycles. The van der Waals surface area contributed by atoms with Crippen molar-refractivity contribution in [2.24, 2.45) is 0 Å². The summed E-state index contributed by atoms with van der Waals surface area (Å²) in [6.45, 7) is 0. The number of aromatic hydroxyl groups is 1. The van der Waals surface area contributed by atoms with E-state index in [1.165, 1.54) is 30.6 Å². The number of aromatic nitrogens is 2. The van der Waals surface area contributed by atoms with Crippen molar-refractivity contribution in [3.8, 4) is 17.0 Å². The number of halogens is 3. The predicted octanol–water partition coefficient (Wildman–Crippen LogP) is 2.87. The van der Waals surface area contributed by atoms with Gasteiger partial charge in [-0.15, -0.1) is 0 Å². The van der Waals surface area contributed by atoms with Gasteiger partial charge in [-0.1, -0.05) is 6.07 Å². The third-order valence-corrected chi connectivity index (χ3v) is 2.12. The lowest BCUT2D eigenvalue weighted by Crippen LogP contribution is -2.10. The second-order valence-corrected chi connectivity index (χ2v) is 3.31. The van der Waals surface area contributed by atoms with Crippen LogP contribution < -0.4 is 0 Å².